The number of hydrogen-bond donors (Lipinski definition) is 2. The Morgan fingerprint density at radius 2 is 2.11 bits per heavy atom. The van der Waals surface area contributed by atoms with E-state index in [4.69, 9.17) is 15.7 Å². The van der Waals surface area contributed by atoms with Crippen LogP contribution in [0, 0.1) is 17.0 Å². The van der Waals surface area contributed by atoms with E-state index in [0.29, 0.717) is 12.8 Å². The number of ether oxygens (including phenoxy) is 1. The normalized spacial score (nSPS) is 12.5. The number of hydrogen-bond acceptors (Lipinski definition) is 3. The summed E-state index contributed by atoms with van der Waals surface area (Å²) < 4.78 is 31.3. The van der Waals surface area contributed by atoms with Crippen molar-refractivity contribution in [3.8, 4) is 5.75 Å². The summed E-state index contributed by atoms with van der Waals surface area (Å²) in [6, 6.07) is 3.05. The van der Waals surface area contributed by atoms with E-state index in [-0.39, 0.29) is 18.2 Å². The van der Waals surface area contributed by atoms with E-state index in [9.17, 15) is 8.78 Å². The third-order valence-electron chi connectivity index (χ3n) is 2.90. The van der Waals surface area contributed by atoms with Gasteiger partial charge in [-0.05, 0) is 25.0 Å². The van der Waals surface area contributed by atoms with Gasteiger partial charge in [-0.2, -0.15) is 0 Å². The van der Waals surface area contributed by atoms with E-state index < -0.39 is 17.0 Å². The quantitative estimate of drug-likeness (QED) is 0.275. The largest absolute Gasteiger partial charge is 0.490 e. The topological polar surface area (TPSA) is 67.8 Å². The van der Waals surface area contributed by atoms with Crippen molar-refractivity contribution in [2.75, 3.05) is 6.61 Å². The summed E-state index contributed by atoms with van der Waals surface area (Å²) in [4.78, 5) is 0. The molecule has 0 aliphatic heterocycles. The van der Waals surface area contributed by atoms with E-state index in [0.717, 1.165) is 18.2 Å². The second kappa shape index (κ2) is 6.36. The molecule has 4 nitrogen and oxygen atoms in total. The molecule has 6 heteroatoms. The van der Waals surface area contributed by atoms with Gasteiger partial charge in [-0.3, -0.25) is 0 Å². The summed E-state index contributed by atoms with van der Waals surface area (Å²) in [5, 5.41) is 11.6. The van der Waals surface area contributed by atoms with Gasteiger partial charge in [0, 0.05) is 11.5 Å². The van der Waals surface area contributed by atoms with Crippen LogP contribution in [0.15, 0.2) is 23.4 Å². The Labute approximate surface area is 110 Å². The van der Waals surface area contributed by atoms with Crippen molar-refractivity contribution in [3.05, 3.63) is 29.8 Å². The van der Waals surface area contributed by atoms with Crippen LogP contribution in [-0.2, 0) is 0 Å². The molecule has 1 rings (SSSR count). The van der Waals surface area contributed by atoms with Gasteiger partial charge in [0.1, 0.15) is 11.7 Å². The van der Waals surface area contributed by atoms with Gasteiger partial charge in [0.2, 0.25) is 0 Å². The first-order valence-corrected chi connectivity index (χ1v) is 5.92. The lowest BCUT2D eigenvalue weighted by atomic mass is 9.87. The zero-order chi connectivity index (χ0) is 14.5. The Morgan fingerprint density at radius 1 is 1.42 bits per heavy atom. The first-order chi connectivity index (χ1) is 8.86. The van der Waals surface area contributed by atoms with Crippen molar-refractivity contribution in [2.24, 2.45) is 16.3 Å². The van der Waals surface area contributed by atoms with E-state index >= 15 is 0 Å². The fourth-order valence-electron chi connectivity index (χ4n) is 1.55. The average Bonchev–Trinajstić information content (AvgIpc) is 2.37. The minimum absolute atomic E-state index is 0.110. The van der Waals surface area contributed by atoms with Crippen molar-refractivity contribution in [3.63, 3.8) is 0 Å². The molecule has 106 valence electrons. The van der Waals surface area contributed by atoms with Crippen molar-refractivity contribution in [1.29, 1.82) is 0 Å². The van der Waals surface area contributed by atoms with E-state index in [1.807, 2.05) is 13.8 Å². The summed E-state index contributed by atoms with van der Waals surface area (Å²) in [5.74, 6) is -1.13. The van der Waals surface area contributed by atoms with Gasteiger partial charge >= 0.3 is 0 Å². The molecule has 0 atom stereocenters. The number of rotatable bonds is 6. The molecule has 0 heterocycles. The van der Waals surface area contributed by atoms with Gasteiger partial charge < -0.3 is 15.7 Å². The Bertz CT molecular complexity index is 462. The third kappa shape index (κ3) is 4.39. The number of benzene rings is 1. The zero-order valence-electron chi connectivity index (χ0n) is 11.0. The SMILES string of the molecule is CC(C)(CCCOc1cc(F)ccc1F)C(N)=NO. The van der Waals surface area contributed by atoms with Gasteiger partial charge in [0.05, 0.1) is 6.61 Å². The number of halogens is 2. The number of nitrogens with zero attached hydrogens (tertiary/aromatic N) is 1. The maximum Gasteiger partial charge on any atom is 0.165 e. The summed E-state index contributed by atoms with van der Waals surface area (Å²) >= 11 is 0. The number of oxime groups is 1. The smallest absolute Gasteiger partial charge is 0.165 e. The fraction of sp³-hybridized carbons (Fsp3) is 0.462. The molecule has 0 aliphatic rings. The highest BCUT2D eigenvalue weighted by atomic mass is 19.1. The molecule has 0 saturated carbocycles. The average molecular weight is 272 g/mol. The number of nitrogens with two attached hydrogens (primary N) is 1. The predicted octanol–water partition coefficient (Wildman–Crippen LogP) is 2.90. The molecule has 0 aliphatic carbocycles. The standard InChI is InChI=1S/C13H18F2N2O2/c1-13(2,12(16)17-18)6-3-7-19-11-8-9(14)4-5-10(11)15/h4-5,8,18H,3,6-7H2,1-2H3,(H2,16,17). The second-order valence-electron chi connectivity index (χ2n) is 4.90. The Kier molecular flexibility index (Phi) is 5.09. The summed E-state index contributed by atoms with van der Waals surface area (Å²) in [7, 11) is 0. The van der Waals surface area contributed by atoms with E-state index in [1.165, 1.54) is 0 Å². The van der Waals surface area contributed by atoms with Crippen LogP contribution in [0.4, 0.5) is 8.78 Å². The third-order valence-corrected chi connectivity index (χ3v) is 2.90. The molecule has 0 fully saturated rings. The molecular weight excluding hydrogens is 254 g/mol. The monoisotopic (exact) mass is 272 g/mol. The Morgan fingerprint density at radius 3 is 2.74 bits per heavy atom. The molecule has 0 unspecified atom stereocenters. The summed E-state index contributed by atoms with van der Waals surface area (Å²) in [5.41, 5.74) is 5.06. The fourth-order valence-corrected chi connectivity index (χ4v) is 1.55. The maximum absolute atomic E-state index is 13.2. The molecule has 0 saturated heterocycles. The summed E-state index contributed by atoms with van der Waals surface area (Å²) in [6.45, 7) is 3.87. The first kappa shape index (κ1) is 15.2. The van der Waals surface area contributed by atoms with Crippen LogP contribution >= 0.6 is 0 Å². The minimum Gasteiger partial charge on any atom is -0.490 e. The molecule has 1 aromatic carbocycles. The van der Waals surface area contributed by atoms with E-state index in [2.05, 4.69) is 5.16 Å². The molecule has 1 aromatic rings. The molecule has 0 bridgehead atoms. The Hall–Kier alpha value is -1.85. The lowest BCUT2D eigenvalue weighted by Gasteiger charge is -2.22. The van der Waals surface area contributed by atoms with Crippen LogP contribution in [0.1, 0.15) is 26.7 Å². The van der Waals surface area contributed by atoms with Crippen LogP contribution in [-0.4, -0.2) is 17.6 Å². The van der Waals surface area contributed by atoms with Crippen molar-refractivity contribution in [1.82, 2.24) is 0 Å². The first-order valence-electron chi connectivity index (χ1n) is 5.92. The van der Waals surface area contributed by atoms with Crippen LogP contribution in [0.2, 0.25) is 0 Å². The highest BCUT2D eigenvalue weighted by molar-refractivity contribution is 5.85. The van der Waals surface area contributed by atoms with Crippen LogP contribution in [0.25, 0.3) is 0 Å². The summed E-state index contributed by atoms with van der Waals surface area (Å²) in [6.07, 6.45) is 1.17. The van der Waals surface area contributed by atoms with Crippen LogP contribution in [0.3, 0.4) is 0 Å². The van der Waals surface area contributed by atoms with Crippen molar-refractivity contribution >= 4 is 5.84 Å². The van der Waals surface area contributed by atoms with Gasteiger partial charge in [0.15, 0.2) is 11.6 Å². The van der Waals surface area contributed by atoms with Crippen LogP contribution < -0.4 is 10.5 Å². The van der Waals surface area contributed by atoms with Gasteiger partial charge in [-0.1, -0.05) is 19.0 Å². The lowest BCUT2D eigenvalue weighted by molar-refractivity contribution is 0.268. The lowest BCUT2D eigenvalue weighted by Crippen LogP contribution is -2.32. The Balaban J connectivity index is 2.45. The zero-order valence-corrected chi connectivity index (χ0v) is 11.0. The van der Waals surface area contributed by atoms with Crippen LogP contribution in [0.5, 0.6) is 5.75 Å². The second-order valence-corrected chi connectivity index (χ2v) is 4.90. The molecule has 0 aromatic heterocycles. The minimum atomic E-state index is -0.600. The maximum atomic E-state index is 13.2. The van der Waals surface area contributed by atoms with Crippen molar-refractivity contribution < 1.29 is 18.7 Å². The molecule has 0 spiro atoms. The highest BCUT2D eigenvalue weighted by Gasteiger charge is 2.23. The van der Waals surface area contributed by atoms with E-state index in [1.54, 1.807) is 0 Å². The highest BCUT2D eigenvalue weighted by Crippen LogP contribution is 2.23. The van der Waals surface area contributed by atoms with Gasteiger partial charge in [-0.15, -0.1) is 0 Å². The number of amidine groups is 1. The van der Waals surface area contributed by atoms with Crippen molar-refractivity contribution in [2.45, 2.75) is 26.7 Å². The van der Waals surface area contributed by atoms with Gasteiger partial charge in [-0.25, -0.2) is 8.78 Å². The molecule has 3 N–H and O–H groups in total. The van der Waals surface area contributed by atoms with Gasteiger partial charge in [0.25, 0.3) is 0 Å². The molecule has 0 amide bonds. The predicted molar refractivity (Wildman–Crippen MR) is 68.3 cm³/mol. The molecule has 19 heavy (non-hydrogen) atoms. The molecule has 0 radical (unpaired) electrons. The molecular formula is C13H18F2N2O2.